The molecule has 3 aromatic carbocycles. The maximum atomic E-state index is 13.6. The molecule has 0 saturated heterocycles. The van der Waals surface area contributed by atoms with E-state index >= 15 is 0 Å². The van der Waals surface area contributed by atoms with Gasteiger partial charge in [0, 0.05) is 27.8 Å². The van der Waals surface area contributed by atoms with Crippen LogP contribution in [0.15, 0.2) is 72.8 Å². The Hall–Kier alpha value is -3.93. The Morgan fingerprint density at radius 2 is 1.72 bits per heavy atom. The van der Waals surface area contributed by atoms with Gasteiger partial charge in [-0.3, -0.25) is 4.79 Å². The summed E-state index contributed by atoms with van der Waals surface area (Å²) in [4.78, 5) is 13.4. The van der Waals surface area contributed by atoms with Crippen LogP contribution in [0.25, 0.3) is 16.9 Å². The minimum absolute atomic E-state index is 0.152. The highest BCUT2D eigenvalue weighted by Gasteiger charge is 2.36. The second-order valence-electron chi connectivity index (χ2n) is 10.9. The van der Waals surface area contributed by atoms with Gasteiger partial charge >= 0.3 is 0 Å². The molecule has 2 heterocycles. The molecule has 0 atom stereocenters. The minimum Gasteiger partial charge on any atom is -0.492 e. The van der Waals surface area contributed by atoms with Crippen molar-refractivity contribution < 1.29 is 13.9 Å². The van der Waals surface area contributed by atoms with Crippen LogP contribution in [0.2, 0.25) is 0 Å². The Balaban J connectivity index is 1.55. The quantitative estimate of drug-likeness (QED) is 0.344. The molecule has 36 heavy (non-hydrogen) atoms. The summed E-state index contributed by atoms with van der Waals surface area (Å²) in [6.45, 7) is 11.3. The zero-order chi connectivity index (χ0) is 25.7. The number of fused-ring (bicyclic) bond motifs is 1. The molecule has 0 saturated carbocycles. The van der Waals surface area contributed by atoms with Crippen LogP contribution in [0.1, 0.15) is 56.2 Å². The fraction of sp³-hybridized carbons (Fsp3) is 0.267. The molecule has 1 aromatic heterocycles. The number of carbonyl (C=O) groups is 1. The number of halogens is 1. The smallest absolute Gasteiger partial charge is 0.276 e. The number of amides is 1. The highest BCUT2D eigenvalue weighted by atomic mass is 19.1. The fourth-order valence-corrected chi connectivity index (χ4v) is 4.53. The lowest BCUT2D eigenvalue weighted by atomic mass is 9.80. The topological polar surface area (TPSA) is 56.2 Å². The van der Waals surface area contributed by atoms with Crippen molar-refractivity contribution in [1.82, 2.24) is 9.78 Å². The molecule has 0 fully saturated rings. The number of hydrogen-bond donors (Lipinski definition) is 1. The lowest BCUT2D eigenvalue weighted by Crippen LogP contribution is -2.19. The number of ether oxygens (including phenoxy) is 1. The van der Waals surface area contributed by atoms with E-state index in [1.165, 1.54) is 12.1 Å². The van der Waals surface area contributed by atoms with Crippen molar-refractivity contribution in [2.45, 2.75) is 45.4 Å². The minimum atomic E-state index is -0.330. The van der Waals surface area contributed by atoms with Crippen LogP contribution >= 0.6 is 0 Å². The van der Waals surface area contributed by atoms with Crippen LogP contribution in [-0.4, -0.2) is 22.3 Å². The van der Waals surface area contributed by atoms with Crippen LogP contribution < -0.4 is 10.1 Å². The van der Waals surface area contributed by atoms with Crippen LogP contribution in [0.3, 0.4) is 0 Å². The van der Waals surface area contributed by atoms with Crippen molar-refractivity contribution in [1.29, 1.82) is 0 Å². The molecular formula is C30H30FN3O2. The molecule has 184 valence electrons. The van der Waals surface area contributed by atoms with Gasteiger partial charge in [-0.1, -0.05) is 65.0 Å². The van der Waals surface area contributed by atoms with E-state index in [1.807, 2.05) is 42.5 Å². The molecule has 1 aliphatic heterocycles. The largest absolute Gasteiger partial charge is 0.492 e. The first kappa shape index (κ1) is 23.8. The maximum Gasteiger partial charge on any atom is 0.276 e. The maximum absolute atomic E-state index is 13.6. The number of aromatic nitrogens is 2. The van der Waals surface area contributed by atoms with Crippen molar-refractivity contribution in [3.8, 4) is 22.7 Å². The van der Waals surface area contributed by atoms with Gasteiger partial charge in [-0.25, -0.2) is 9.07 Å². The van der Waals surface area contributed by atoms with E-state index in [0.29, 0.717) is 18.0 Å². The van der Waals surface area contributed by atoms with Gasteiger partial charge in [-0.2, -0.15) is 5.10 Å². The predicted octanol–water partition coefficient (Wildman–Crippen LogP) is 6.90. The Kier molecular flexibility index (Phi) is 5.70. The Bertz CT molecular complexity index is 1430. The van der Waals surface area contributed by atoms with Gasteiger partial charge in [0.05, 0.1) is 18.0 Å². The van der Waals surface area contributed by atoms with E-state index in [2.05, 4.69) is 45.0 Å². The number of nitrogens with one attached hydrogen (secondary N) is 1. The summed E-state index contributed by atoms with van der Waals surface area (Å²) in [6.07, 6.45) is 0. The molecule has 0 spiro atoms. The Morgan fingerprint density at radius 3 is 2.39 bits per heavy atom. The van der Waals surface area contributed by atoms with Crippen molar-refractivity contribution in [2.24, 2.45) is 0 Å². The highest BCUT2D eigenvalue weighted by molar-refractivity contribution is 6.03. The summed E-state index contributed by atoms with van der Waals surface area (Å²) in [5, 5.41) is 7.67. The zero-order valence-electron chi connectivity index (χ0n) is 21.2. The predicted molar refractivity (Wildman–Crippen MR) is 141 cm³/mol. The second kappa shape index (κ2) is 8.63. The average molecular weight is 484 g/mol. The number of carbonyl (C=O) groups excluding carboxylic acids is 1. The van der Waals surface area contributed by atoms with E-state index < -0.39 is 0 Å². The number of rotatable bonds is 4. The third kappa shape index (κ3) is 4.39. The molecule has 1 N–H and O–H groups in total. The first-order valence-corrected chi connectivity index (χ1v) is 12.1. The van der Waals surface area contributed by atoms with Crippen molar-refractivity contribution in [3.05, 3.63) is 95.4 Å². The number of hydrogen-bond acceptors (Lipinski definition) is 3. The highest BCUT2D eigenvalue weighted by Crippen LogP contribution is 2.46. The van der Waals surface area contributed by atoms with E-state index in [4.69, 9.17) is 4.74 Å². The van der Waals surface area contributed by atoms with Gasteiger partial charge in [0.25, 0.3) is 5.91 Å². The van der Waals surface area contributed by atoms with Gasteiger partial charge in [0.1, 0.15) is 11.6 Å². The number of anilines is 1. The van der Waals surface area contributed by atoms with Gasteiger partial charge in [-0.15, -0.1) is 0 Å². The van der Waals surface area contributed by atoms with Crippen LogP contribution in [0.4, 0.5) is 10.1 Å². The fourth-order valence-electron chi connectivity index (χ4n) is 4.53. The molecule has 0 radical (unpaired) electrons. The molecule has 0 bridgehead atoms. The summed E-state index contributed by atoms with van der Waals surface area (Å²) in [7, 11) is 0. The molecule has 5 rings (SSSR count). The molecule has 6 heteroatoms. The van der Waals surface area contributed by atoms with E-state index in [-0.39, 0.29) is 28.2 Å². The first-order chi connectivity index (χ1) is 17.0. The molecule has 5 nitrogen and oxygen atoms in total. The van der Waals surface area contributed by atoms with Gasteiger partial charge in [0.15, 0.2) is 5.69 Å². The number of benzene rings is 3. The molecule has 4 aromatic rings. The summed E-state index contributed by atoms with van der Waals surface area (Å²) in [5.74, 6) is 0.269. The van der Waals surface area contributed by atoms with Crippen molar-refractivity contribution in [2.75, 3.05) is 11.9 Å². The first-order valence-electron chi connectivity index (χ1n) is 12.1. The number of nitrogens with zero attached hydrogens (tertiary/aromatic N) is 2. The molecule has 1 aliphatic rings. The summed E-state index contributed by atoms with van der Waals surface area (Å²) >= 11 is 0. The summed E-state index contributed by atoms with van der Waals surface area (Å²) in [5.41, 5.74) is 5.13. The average Bonchev–Trinajstić information content (AvgIpc) is 3.41. The van der Waals surface area contributed by atoms with Gasteiger partial charge in [0.2, 0.25) is 0 Å². The SMILES string of the molecule is CC(C)(C)c1cc(NC(=O)c2cc(-c3ccccc3)n(-c3ccc(F)cc3)n2)cc2c1OCC2(C)C. The Labute approximate surface area is 210 Å². The lowest BCUT2D eigenvalue weighted by molar-refractivity contribution is 0.102. The van der Waals surface area contributed by atoms with E-state index in [0.717, 1.165) is 28.1 Å². The van der Waals surface area contributed by atoms with Gasteiger partial charge < -0.3 is 10.1 Å². The third-order valence-corrected chi connectivity index (χ3v) is 6.54. The standard InChI is InChI=1S/C30H30FN3O2/c1-29(2,3)23-15-21(16-24-27(23)36-18-30(24,4)5)32-28(35)25-17-26(19-9-7-6-8-10-19)34(33-25)22-13-11-20(31)12-14-22/h6-17H,18H2,1-5H3,(H,32,35). The van der Waals surface area contributed by atoms with Crippen LogP contribution in [0.5, 0.6) is 5.75 Å². The lowest BCUT2D eigenvalue weighted by Gasteiger charge is -2.24. The molecular weight excluding hydrogens is 453 g/mol. The van der Waals surface area contributed by atoms with Gasteiger partial charge in [-0.05, 0) is 47.9 Å². The van der Waals surface area contributed by atoms with E-state index in [1.54, 1.807) is 22.9 Å². The van der Waals surface area contributed by atoms with Crippen molar-refractivity contribution >= 4 is 11.6 Å². The van der Waals surface area contributed by atoms with Crippen LogP contribution in [0, 0.1) is 5.82 Å². The second-order valence-corrected chi connectivity index (χ2v) is 10.9. The molecule has 0 aliphatic carbocycles. The summed E-state index contributed by atoms with van der Waals surface area (Å²) in [6, 6.07) is 21.5. The summed E-state index contributed by atoms with van der Waals surface area (Å²) < 4.78 is 21.3. The monoisotopic (exact) mass is 483 g/mol. The normalized spacial score (nSPS) is 14.3. The zero-order valence-corrected chi connectivity index (χ0v) is 21.2. The molecule has 1 amide bonds. The van der Waals surface area contributed by atoms with E-state index in [9.17, 15) is 9.18 Å². The third-order valence-electron chi connectivity index (χ3n) is 6.54. The van der Waals surface area contributed by atoms with Crippen LogP contribution in [-0.2, 0) is 10.8 Å². The Morgan fingerprint density at radius 1 is 1.03 bits per heavy atom. The van der Waals surface area contributed by atoms with Crippen molar-refractivity contribution in [3.63, 3.8) is 0 Å². The molecule has 0 unspecified atom stereocenters.